The second-order valence-corrected chi connectivity index (χ2v) is 4.26. The Morgan fingerprint density at radius 1 is 1.50 bits per heavy atom. The second-order valence-electron chi connectivity index (χ2n) is 3.82. The largest absolute Gasteiger partial charge is 0.493 e. The molecule has 1 aromatic carbocycles. The molecule has 1 rings (SSSR count). The van der Waals surface area contributed by atoms with E-state index in [9.17, 15) is 4.79 Å². The van der Waals surface area contributed by atoms with E-state index >= 15 is 0 Å². The molecule has 16 heavy (non-hydrogen) atoms. The number of halogens is 1. The van der Waals surface area contributed by atoms with Gasteiger partial charge in [-0.25, -0.2) is 0 Å². The summed E-state index contributed by atoms with van der Waals surface area (Å²) >= 11 is 5.95. The first-order valence-electron chi connectivity index (χ1n) is 5.23. The van der Waals surface area contributed by atoms with Crippen LogP contribution < -0.4 is 10.5 Å². The molecule has 88 valence electrons. The van der Waals surface area contributed by atoms with Crippen LogP contribution in [0.2, 0.25) is 5.02 Å². The van der Waals surface area contributed by atoms with Crippen molar-refractivity contribution in [2.24, 2.45) is 5.73 Å². The lowest BCUT2D eigenvalue weighted by Crippen LogP contribution is -2.14. The third-order valence-electron chi connectivity index (χ3n) is 2.26. The zero-order chi connectivity index (χ0) is 12.3. The molecule has 0 saturated carbocycles. The fourth-order valence-corrected chi connectivity index (χ4v) is 1.76. The molecular formula is C12H16ClNO2. The molecule has 4 heteroatoms. The molecule has 0 aromatic heterocycles. The number of hydrogen-bond acceptors (Lipinski definition) is 2. The van der Waals surface area contributed by atoms with Crippen molar-refractivity contribution in [1.29, 1.82) is 0 Å². The Kier molecular flexibility index (Phi) is 4.19. The summed E-state index contributed by atoms with van der Waals surface area (Å²) in [5.41, 5.74) is 6.56. The number of ether oxygens (including phenoxy) is 1. The van der Waals surface area contributed by atoms with Crippen molar-refractivity contribution in [3.05, 3.63) is 28.3 Å². The SMILES string of the molecule is CCOc1c(C(N)=O)cc(Cl)cc1C(C)C. The minimum Gasteiger partial charge on any atom is -0.493 e. The lowest BCUT2D eigenvalue weighted by atomic mass is 9.98. The second kappa shape index (κ2) is 5.21. The molecule has 0 fully saturated rings. The maximum atomic E-state index is 11.3. The Labute approximate surface area is 101 Å². The van der Waals surface area contributed by atoms with Crippen molar-refractivity contribution in [3.63, 3.8) is 0 Å². The maximum absolute atomic E-state index is 11.3. The Balaban J connectivity index is 3.41. The molecule has 3 nitrogen and oxygen atoms in total. The Morgan fingerprint density at radius 3 is 2.56 bits per heavy atom. The molecule has 0 aliphatic rings. The van der Waals surface area contributed by atoms with E-state index in [0.717, 1.165) is 5.56 Å². The average molecular weight is 242 g/mol. The highest BCUT2D eigenvalue weighted by molar-refractivity contribution is 6.31. The van der Waals surface area contributed by atoms with E-state index in [1.54, 1.807) is 6.07 Å². The standard InChI is InChI=1S/C12H16ClNO2/c1-4-16-11-9(7(2)3)5-8(13)6-10(11)12(14)15/h5-7H,4H2,1-3H3,(H2,14,15). The predicted octanol–water partition coefficient (Wildman–Crippen LogP) is 2.96. The van der Waals surface area contributed by atoms with Crippen molar-refractivity contribution in [2.75, 3.05) is 6.61 Å². The van der Waals surface area contributed by atoms with Gasteiger partial charge in [-0.2, -0.15) is 0 Å². The van der Waals surface area contributed by atoms with Gasteiger partial charge in [0.2, 0.25) is 0 Å². The van der Waals surface area contributed by atoms with E-state index in [4.69, 9.17) is 22.1 Å². The van der Waals surface area contributed by atoms with Crippen LogP contribution >= 0.6 is 11.6 Å². The summed E-state index contributed by atoms with van der Waals surface area (Å²) in [4.78, 5) is 11.3. The molecule has 1 aromatic rings. The number of amides is 1. The van der Waals surface area contributed by atoms with Gasteiger partial charge in [-0.15, -0.1) is 0 Å². The zero-order valence-corrected chi connectivity index (χ0v) is 10.5. The van der Waals surface area contributed by atoms with Gasteiger partial charge < -0.3 is 10.5 Å². The minimum atomic E-state index is -0.521. The topological polar surface area (TPSA) is 52.3 Å². The number of benzene rings is 1. The van der Waals surface area contributed by atoms with E-state index in [2.05, 4.69) is 0 Å². The molecule has 0 atom stereocenters. The van der Waals surface area contributed by atoms with Gasteiger partial charge in [0.15, 0.2) is 0 Å². The van der Waals surface area contributed by atoms with Gasteiger partial charge in [-0.3, -0.25) is 4.79 Å². The summed E-state index contributed by atoms with van der Waals surface area (Å²) < 4.78 is 5.49. The Hall–Kier alpha value is -1.22. The van der Waals surface area contributed by atoms with Crippen molar-refractivity contribution in [2.45, 2.75) is 26.7 Å². The summed E-state index contributed by atoms with van der Waals surface area (Å²) in [6, 6.07) is 3.35. The fraction of sp³-hybridized carbons (Fsp3) is 0.417. The predicted molar refractivity (Wildman–Crippen MR) is 65.2 cm³/mol. The number of nitrogens with two attached hydrogens (primary N) is 1. The Morgan fingerprint density at radius 2 is 2.12 bits per heavy atom. The molecule has 0 aliphatic carbocycles. The van der Waals surface area contributed by atoms with Gasteiger partial charge in [0.25, 0.3) is 5.91 Å². The molecule has 1 amide bonds. The van der Waals surface area contributed by atoms with E-state index in [0.29, 0.717) is 22.9 Å². The van der Waals surface area contributed by atoms with Gasteiger partial charge >= 0.3 is 0 Å². The number of rotatable bonds is 4. The van der Waals surface area contributed by atoms with Gasteiger partial charge in [0, 0.05) is 5.02 Å². The third-order valence-corrected chi connectivity index (χ3v) is 2.48. The van der Waals surface area contributed by atoms with Crippen LogP contribution in [-0.2, 0) is 0 Å². The van der Waals surface area contributed by atoms with E-state index in [1.165, 1.54) is 0 Å². The van der Waals surface area contributed by atoms with Crippen LogP contribution in [-0.4, -0.2) is 12.5 Å². The first-order valence-corrected chi connectivity index (χ1v) is 5.61. The van der Waals surface area contributed by atoms with Crippen LogP contribution in [0.1, 0.15) is 42.6 Å². The van der Waals surface area contributed by atoms with Crippen LogP contribution in [0, 0.1) is 0 Å². The smallest absolute Gasteiger partial charge is 0.252 e. The zero-order valence-electron chi connectivity index (χ0n) is 9.71. The summed E-state index contributed by atoms with van der Waals surface area (Å²) in [7, 11) is 0. The summed E-state index contributed by atoms with van der Waals surface area (Å²) in [5.74, 6) is 0.251. The molecule has 2 N–H and O–H groups in total. The maximum Gasteiger partial charge on any atom is 0.252 e. The van der Waals surface area contributed by atoms with Crippen molar-refractivity contribution < 1.29 is 9.53 Å². The number of carbonyl (C=O) groups is 1. The van der Waals surface area contributed by atoms with Crippen molar-refractivity contribution in [3.8, 4) is 5.75 Å². The highest BCUT2D eigenvalue weighted by Crippen LogP contribution is 2.33. The molecule has 0 unspecified atom stereocenters. The molecule has 0 aliphatic heterocycles. The first-order chi connectivity index (χ1) is 7.47. The van der Waals surface area contributed by atoms with Gasteiger partial charge in [0.1, 0.15) is 5.75 Å². The molecule has 0 spiro atoms. The van der Waals surface area contributed by atoms with Crippen LogP contribution in [0.5, 0.6) is 5.75 Å². The van der Waals surface area contributed by atoms with Crippen LogP contribution in [0.25, 0.3) is 0 Å². The van der Waals surface area contributed by atoms with Crippen LogP contribution in [0.4, 0.5) is 0 Å². The van der Waals surface area contributed by atoms with E-state index < -0.39 is 5.91 Å². The molecule has 0 heterocycles. The highest BCUT2D eigenvalue weighted by atomic mass is 35.5. The van der Waals surface area contributed by atoms with Gasteiger partial charge in [0.05, 0.1) is 12.2 Å². The van der Waals surface area contributed by atoms with E-state index in [-0.39, 0.29) is 5.92 Å². The van der Waals surface area contributed by atoms with Crippen LogP contribution in [0.15, 0.2) is 12.1 Å². The number of hydrogen-bond donors (Lipinski definition) is 1. The van der Waals surface area contributed by atoms with Gasteiger partial charge in [-0.05, 0) is 30.5 Å². The average Bonchev–Trinajstić information content (AvgIpc) is 2.19. The summed E-state index contributed by atoms with van der Waals surface area (Å²) in [6.45, 7) is 6.38. The monoisotopic (exact) mass is 241 g/mol. The van der Waals surface area contributed by atoms with Gasteiger partial charge in [-0.1, -0.05) is 25.4 Å². The molecule has 0 saturated heterocycles. The molecule has 0 bridgehead atoms. The highest BCUT2D eigenvalue weighted by Gasteiger charge is 2.17. The number of primary amides is 1. The lowest BCUT2D eigenvalue weighted by molar-refractivity contribution is 0.0996. The number of carbonyl (C=O) groups excluding carboxylic acids is 1. The quantitative estimate of drug-likeness (QED) is 0.881. The molecular weight excluding hydrogens is 226 g/mol. The molecule has 0 radical (unpaired) electrons. The fourth-order valence-electron chi connectivity index (χ4n) is 1.53. The van der Waals surface area contributed by atoms with E-state index in [1.807, 2.05) is 26.8 Å². The minimum absolute atomic E-state index is 0.221. The van der Waals surface area contributed by atoms with Crippen molar-refractivity contribution in [1.82, 2.24) is 0 Å². The van der Waals surface area contributed by atoms with Crippen LogP contribution in [0.3, 0.4) is 0 Å². The summed E-state index contributed by atoms with van der Waals surface area (Å²) in [5, 5.41) is 0.501. The van der Waals surface area contributed by atoms with Crippen molar-refractivity contribution >= 4 is 17.5 Å². The summed E-state index contributed by atoms with van der Waals surface area (Å²) in [6.07, 6.45) is 0. The Bertz CT molecular complexity index is 402. The third kappa shape index (κ3) is 2.67. The normalized spacial score (nSPS) is 10.6. The lowest BCUT2D eigenvalue weighted by Gasteiger charge is -2.16. The first kappa shape index (κ1) is 12.8.